The van der Waals surface area contributed by atoms with Crippen LogP contribution in [0.15, 0.2) is 12.1 Å². The quantitative estimate of drug-likeness (QED) is 0.914. The molecule has 0 unspecified atom stereocenters. The molecule has 0 saturated carbocycles. The molecule has 1 aliphatic rings. The molecule has 5 heteroatoms. The van der Waals surface area contributed by atoms with Crippen LogP contribution in [0.1, 0.15) is 23.1 Å². The zero-order valence-corrected chi connectivity index (χ0v) is 12.9. The first-order valence-corrected chi connectivity index (χ1v) is 7.22. The Kier molecular flexibility index (Phi) is 4.83. The van der Waals surface area contributed by atoms with Gasteiger partial charge in [-0.05, 0) is 38.3 Å². The number of benzene rings is 1. The van der Waals surface area contributed by atoms with E-state index in [1.54, 1.807) is 4.90 Å². The maximum atomic E-state index is 12.2. The number of carbonyl (C=O) groups excluding carboxylic acids is 2. The van der Waals surface area contributed by atoms with Crippen LogP contribution >= 0.6 is 0 Å². The van der Waals surface area contributed by atoms with Crippen LogP contribution in [0, 0.1) is 20.8 Å². The van der Waals surface area contributed by atoms with Crippen LogP contribution in [0.3, 0.4) is 0 Å². The first-order valence-electron chi connectivity index (χ1n) is 7.22. The van der Waals surface area contributed by atoms with Crippen LogP contribution in [-0.2, 0) is 9.59 Å². The van der Waals surface area contributed by atoms with E-state index >= 15 is 0 Å². The smallest absolute Gasteiger partial charge is 0.260 e. The van der Waals surface area contributed by atoms with Crippen molar-refractivity contribution >= 4 is 11.8 Å². The van der Waals surface area contributed by atoms with Gasteiger partial charge in [0.25, 0.3) is 5.91 Å². The summed E-state index contributed by atoms with van der Waals surface area (Å²) >= 11 is 0. The van der Waals surface area contributed by atoms with Crippen molar-refractivity contribution in [1.82, 2.24) is 10.2 Å². The molecule has 0 radical (unpaired) electrons. The Hall–Kier alpha value is -2.04. The van der Waals surface area contributed by atoms with Crippen molar-refractivity contribution in [3.05, 3.63) is 28.8 Å². The van der Waals surface area contributed by atoms with Crippen molar-refractivity contribution in [1.29, 1.82) is 0 Å². The Balaban J connectivity index is 1.99. The summed E-state index contributed by atoms with van der Waals surface area (Å²) in [5, 5.41) is 2.75. The maximum Gasteiger partial charge on any atom is 0.260 e. The number of amides is 2. The zero-order chi connectivity index (χ0) is 15.4. The van der Waals surface area contributed by atoms with Crippen LogP contribution < -0.4 is 10.1 Å². The fourth-order valence-corrected chi connectivity index (χ4v) is 2.64. The van der Waals surface area contributed by atoms with Crippen LogP contribution in [0.25, 0.3) is 0 Å². The van der Waals surface area contributed by atoms with Gasteiger partial charge in [0.1, 0.15) is 5.75 Å². The van der Waals surface area contributed by atoms with Gasteiger partial charge in [0.15, 0.2) is 6.61 Å². The summed E-state index contributed by atoms with van der Waals surface area (Å²) < 4.78 is 5.69. The molecular formula is C16H22N2O3. The molecule has 1 saturated heterocycles. The lowest BCUT2D eigenvalue weighted by Gasteiger charge is -2.20. The van der Waals surface area contributed by atoms with Crippen molar-refractivity contribution in [3.8, 4) is 5.75 Å². The summed E-state index contributed by atoms with van der Waals surface area (Å²) in [5.74, 6) is 0.503. The molecule has 114 valence electrons. The maximum absolute atomic E-state index is 12.2. The third kappa shape index (κ3) is 3.97. The number of hydrogen-bond donors (Lipinski definition) is 1. The largest absolute Gasteiger partial charge is 0.483 e. The molecule has 1 N–H and O–H groups in total. The topological polar surface area (TPSA) is 58.6 Å². The van der Waals surface area contributed by atoms with Crippen molar-refractivity contribution in [3.63, 3.8) is 0 Å². The lowest BCUT2D eigenvalue weighted by molar-refractivity contribution is -0.136. The van der Waals surface area contributed by atoms with Gasteiger partial charge in [-0.1, -0.05) is 17.7 Å². The number of carbonyl (C=O) groups is 2. The molecule has 2 rings (SSSR count). The van der Waals surface area contributed by atoms with E-state index < -0.39 is 0 Å². The van der Waals surface area contributed by atoms with E-state index in [-0.39, 0.29) is 25.0 Å². The number of nitrogens with zero attached hydrogens (tertiary/aromatic N) is 1. The lowest BCUT2D eigenvalue weighted by Crippen LogP contribution is -2.39. The van der Waals surface area contributed by atoms with Gasteiger partial charge >= 0.3 is 0 Å². The predicted molar refractivity (Wildman–Crippen MR) is 80.4 cm³/mol. The van der Waals surface area contributed by atoms with Gasteiger partial charge in [0.05, 0.1) is 6.54 Å². The van der Waals surface area contributed by atoms with Crippen molar-refractivity contribution < 1.29 is 14.3 Å². The van der Waals surface area contributed by atoms with Gasteiger partial charge < -0.3 is 15.0 Å². The van der Waals surface area contributed by atoms with Crippen molar-refractivity contribution in [2.24, 2.45) is 0 Å². The van der Waals surface area contributed by atoms with E-state index in [4.69, 9.17) is 4.74 Å². The highest BCUT2D eigenvalue weighted by molar-refractivity contribution is 5.85. The van der Waals surface area contributed by atoms with Crippen LogP contribution in [0.5, 0.6) is 5.75 Å². The fourth-order valence-electron chi connectivity index (χ4n) is 2.64. The van der Waals surface area contributed by atoms with E-state index in [0.29, 0.717) is 13.1 Å². The van der Waals surface area contributed by atoms with E-state index in [0.717, 1.165) is 23.3 Å². The molecule has 0 aliphatic carbocycles. The summed E-state index contributed by atoms with van der Waals surface area (Å²) in [7, 11) is 0. The Morgan fingerprint density at radius 3 is 2.62 bits per heavy atom. The zero-order valence-electron chi connectivity index (χ0n) is 12.9. The molecule has 0 spiro atoms. The van der Waals surface area contributed by atoms with Crippen molar-refractivity contribution in [2.45, 2.75) is 27.2 Å². The summed E-state index contributed by atoms with van der Waals surface area (Å²) in [6.45, 7) is 7.28. The molecule has 1 fully saturated rings. The highest BCUT2D eigenvalue weighted by atomic mass is 16.5. The van der Waals surface area contributed by atoms with Gasteiger partial charge in [-0.3, -0.25) is 9.59 Å². The van der Waals surface area contributed by atoms with Gasteiger partial charge in [0, 0.05) is 13.1 Å². The fraction of sp³-hybridized carbons (Fsp3) is 0.500. The third-order valence-corrected chi connectivity index (χ3v) is 3.56. The molecule has 1 heterocycles. The summed E-state index contributed by atoms with van der Waals surface area (Å²) in [6, 6.07) is 4.07. The second kappa shape index (κ2) is 6.61. The Bertz CT molecular complexity index is 531. The average molecular weight is 290 g/mol. The number of ether oxygens (including phenoxy) is 1. The molecule has 21 heavy (non-hydrogen) atoms. The molecule has 1 aromatic rings. The van der Waals surface area contributed by atoms with Gasteiger partial charge in [-0.15, -0.1) is 0 Å². The SMILES string of the molecule is Cc1cc(C)c(OCC(=O)N2CCCNC(=O)C2)c(C)c1. The van der Waals surface area contributed by atoms with Crippen LogP contribution in [-0.4, -0.2) is 43.0 Å². The summed E-state index contributed by atoms with van der Waals surface area (Å²) in [6.07, 6.45) is 0.778. The minimum absolute atomic E-state index is 0.0297. The minimum Gasteiger partial charge on any atom is -0.483 e. The molecule has 0 atom stereocenters. The number of aryl methyl sites for hydroxylation is 3. The molecular weight excluding hydrogens is 268 g/mol. The highest BCUT2D eigenvalue weighted by Crippen LogP contribution is 2.24. The Morgan fingerprint density at radius 1 is 1.29 bits per heavy atom. The normalized spacial score (nSPS) is 15.4. The molecule has 0 bridgehead atoms. The highest BCUT2D eigenvalue weighted by Gasteiger charge is 2.20. The van der Waals surface area contributed by atoms with E-state index in [1.807, 2.05) is 32.9 Å². The standard InChI is InChI=1S/C16H22N2O3/c1-11-7-12(2)16(13(3)8-11)21-10-15(20)18-6-4-5-17-14(19)9-18/h7-8H,4-6,9-10H2,1-3H3,(H,17,19). The lowest BCUT2D eigenvalue weighted by atomic mass is 10.1. The molecule has 0 aromatic heterocycles. The summed E-state index contributed by atoms with van der Waals surface area (Å²) in [5.41, 5.74) is 3.22. The number of nitrogens with one attached hydrogen (secondary N) is 1. The third-order valence-electron chi connectivity index (χ3n) is 3.56. The van der Waals surface area contributed by atoms with Crippen molar-refractivity contribution in [2.75, 3.05) is 26.2 Å². The van der Waals surface area contributed by atoms with E-state index in [1.165, 1.54) is 5.56 Å². The number of hydrogen-bond acceptors (Lipinski definition) is 3. The van der Waals surface area contributed by atoms with E-state index in [9.17, 15) is 9.59 Å². The van der Waals surface area contributed by atoms with E-state index in [2.05, 4.69) is 5.32 Å². The second-order valence-corrected chi connectivity index (χ2v) is 5.54. The van der Waals surface area contributed by atoms with Gasteiger partial charge in [-0.25, -0.2) is 0 Å². The van der Waals surface area contributed by atoms with Crippen LogP contribution in [0.4, 0.5) is 0 Å². The van der Waals surface area contributed by atoms with Gasteiger partial charge in [0.2, 0.25) is 5.91 Å². The second-order valence-electron chi connectivity index (χ2n) is 5.54. The van der Waals surface area contributed by atoms with Gasteiger partial charge in [-0.2, -0.15) is 0 Å². The monoisotopic (exact) mass is 290 g/mol. The Labute approximate surface area is 125 Å². The number of rotatable bonds is 3. The predicted octanol–water partition coefficient (Wildman–Crippen LogP) is 1.34. The minimum atomic E-state index is -0.147. The average Bonchev–Trinajstić information content (AvgIpc) is 2.62. The molecule has 5 nitrogen and oxygen atoms in total. The molecule has 1 aliphatic heterocycles. The molecule has 1 aromatic carbocycles. The molecule has 2 amide bonds. The summed E-state index contributed by atoms with van der Waals surface area (Å²) in [4.78, 5) is 25.2. The first kappa shape index (κ1) is 15.4. The first-order chi connectivity index (χ1) is 9.97. The van der Waals surface area contributed by atoms with Crippen LogP contribution in [0.2, 0.25) is 0 Å². The Morgan fingerprint density at radius 2 is 1.95 bits per heavy atom.